The van der Waals surface area contributed by atoms with Crippen molar-refractivity contribution in [2.24, 2.45) is 0 Å². The Labute approximate surface area is 144 Å². The van der Waals surface area contributed by atoms with E-state index in [0.717, 1.165) is 12.8 Å². The fraction of sp³-hybridized carbons (Fsp3) is 0.381. The van der Waals surface area contributed by atoms with Crippen molar-refractivity contribution in [3.05, 3.63) is 71.8 Å². The van der Waals surface area contributed by atoms with E-state index in [1.807, 2.05) is 36.4 Å². The summed E-state index contributed by atoms with van der Waals surface area (Å²) in [6, 6.07) is 20.2. The van der Waals surface area contributed by atoms with Crippen molar-refractivity contribution in [2.75, 3.05) is 13.2 Å². The Morgan fingerprint density at radius 2 is 1.12 bits per heavy atom. The van der Waals surface area contributed by atoms with Gasteiger partial charge in [0.15, 0.2) is 0 Å². The molecule has 2 rings (SSSR count). The van der Waals surface area contributed by atoms with Gasteiger partial charge in [0.1, 0.15) is 13.2 Å². The van der Waals surface area contributed by atoms with Gasteiger partial charge < -0.3 is 9.47 Å². The van der Waals surface area contributed by atoms with Gasteiger partial charge in [-0.05, 0) is 24.0 Å². The maximum absolute atomic E-state index is 11.9. The number of hydrogen-bond donors (Lipinski definition) is 0. The van der Waals surface area contributed by atoms with Crippen LogP contribution in [0.3, 0.4) is 0 Å². The van der Waals surface area contributed by atoms with E-state index in [0.29, 0.717) is 13.2 Å². The fourth-order valence-electron chi connectivity index (χ4n) is 2.73. The number of carbonyl (C=O) groups is 1. The molecule has 0 aliphatic rings. The average molecular weight is 326 g/mol. The molecule has 3 heteroatoms. The molecule has 0 saturated carbocycles. The van der Waals surface area contributed by atoms with Crippen molar-refractivity contribution in [2.45, 2.75) is 38.5 Å². The SMILES string of the molecule is CCC(COC(=O)OCC(CC)c1ccccc1)c1ccccc1. The molecule has 2 aromatic rings. The molecule has 2 atom stereocenters. The lowest BCUT2D eigenvalue weighted by Gasteiger charge is -2.17. The highest BCUT2D eigenvalue weighted by molar-refractivity contribution is 5.60. The number of benzene rings is 2. The monoisotopic (exact) mass is 326 g/mol. The molecule has 0 heterocycles. The lowest BCUT2D eigenvalue weighted by Crippen LogP contribution is -2.17. The van der Waals surface area contributed by atoms with Crippen molar-refractivity contribution < 1.29 is 14.3 Å². The van der Waals surface area contributed by atoms with Crippen LogP contribution in [-0.4, -0.2) is 19.4 Å². The first-order valence-electron chi connectivity index (χ1n) is 8.64. The minimum absolute atomic E-state index is 0.204. The van der Waals surface area contributed by atoms with E-state index in [-0.39, 0.29) is 11.8 Å². The number of rotatable bonds is 8. The van der Waals surface area contributed by atoms with Crippen molar-refractivity contribution in [1.82, 2.24) is 0 Å². The smallest absolute Gasteiger partial charge is 0.434 e. The van der Waals surface area contributed by atoms with Crippen LogP contribution in [0.1, 0.15) is 49.7 Å². The summed E-state index contributed by atoms with van der Waals surface area (Å²) in [6.45, 7) is 4.88. The quantitative estimate of drug-likeness (QED) is 0.599. The summed E-state index contributed by atoms with van der Waals surface area (Å²) >= 11 is 0. The zero-order valence-electron chi connectivity index (χ0n) is 14.5. The van der Waals surface area contributed by atoms with Gasteiger partial charge in [-0.1, -0.05) is 74.5 Å². The van der Waals surface area contributed by atoms with Gasteiger partial charge in [0, 0.05) is 11.8 Å². The molecule has 0 radical (unpaired) electrons. The van der Waals surface area contributed by atoms with Gasteiger partial charge in [-0.15, -0.1) is 0 Å². The Hall–Kier alpha value is -2.29. The van der Waals surface area contributed by atoms with E-state index in [4.69, 9.17) is 9.47 Å². The standard InChI is InChI=1S/C21H26O3/c1-3-17(19-11-7-5-8-12-19)15-23-21(22)24-16-18(4-2)20-13-9-6-10-14-20/h5-14,17-18H,3-4,15-16H2,1-2H3. The van der Waals surface area contributed by atoms with Crippen molar-refractivity contribution >= 4 is 6.16 Å². The molecule has 0 N–H and O–H groups in total. The fourth-order valence-corrected chi connectivity index (χ4v) is 2.73. The van der Waals surface area contributed by atoms with E-state index in [9.17, 15) is 4.79 Å². The molecule has 0 aliphatic carbocycles. The van der Waals surface area contributed by atoms with E-state index < -0.39 is 6.16 Å². The highest BCUT2D eigenvalue weighted by Crippen LogP contribution is 2.21. The summed E-state index contributed by atoms with van der Waals surface area (Å²) in [6.07, 6.45) is 1.25. The molecule has 0 bridgehead atoms. The molecule has 2 unspecified atom stereocenters. The maximum atomic E-state index is 11.9. The van der Waals surface area contributed by atoms with Crippen molar-refractivity contribution in [3.8, 4) is 0 Å². The van der Waals surface area contributed by atoms with E-state index in [1.54, 1.807) is 0 Å². The Morgan fingerprint density at radius 1 is 0.750 bits per heavy atom. The summed E-state index contributed by atoms with van der Waals surface area (Å²) in [5.41, 5.74) is 2.37. The van der Waals surface area contributed by atoms with Crippen LogP contribution < -0.4 is 0 Å². The predicted octanol–water partition coefficient (Wildman–Crippen LogP) is 5.53. The van der Waals surface area contributed by atoms with Gasteiger partial charge in [-0.25, -0.2) is 4.79 Å². The van der Waals surface area contributed by atoms with E-state index in [2.05, 4.69) is 38.1 Å². The van der Waals surface area contributed by atoms with Crippen LogP contribution in [0.4, 0.5) is 4.79 Å². The van der Waals surface area contributed by atoms with Crippen LogP contribution in [0.25, 0.3) is 0 Å². The van der Waals surface area contributed by atoms with Crippen LogP contribution in [-0.2, 0) is 9.47 Å². The van der Waals surface area contributed by atoms with Gasteiger partial charge in [-0.3, -0.25) is 0 Å². The van der Waals surface area contributed by atoms with Crippen LogP contribution in [0, 0.1) is 0 Å². The van der Waals surface area contributed by atoms with Gasteiger partial charge in [0.05, 0.1) is 0 Å². The molecule has 0 amide bonds. The van der Waals surface area contributed by atoms with Gasteiger partial charge in [-0.2, -0.15) is 0 Å². The Balaban J connectivity index is 1.80. The first kappa shape index (κ1) is 18.1. The summed E-state index contributed by atoms with van der Waals surface area (Å²) in [7, 11) is 0. The normalized spacial score (nSPS) is 13.1. The predicted molar refractivity (Wildman–Crippen MR) is 96.2 cm³/mol. The molecule has 128 valence electrons. The molecule has 3 nitrogen and oxygen atoms in total. The number of carbonyl (C=O) groups excluding carboxylic acids is 1. The third kappa shape index (κ3) is 5.41. The maximum Gasteiger partial charge on any atom is 0.508 e. The zero-order valence-corrected chi connectivity index (χ0v) is 14.5. The lowest BCUT2D eigenvalue weighted by molar-refractivity contribution is 0.0462. The largest absolute Gasteiger partial charge is 0.508 e. The molecule has 0 aliphatic heterocycles. The third-order valence-electron chi connectivity index (χ3n) is 4.33. The molecule has 2 aromatic carbocycles. The van der Waals surface area contributed by atoms with Crippen LogP contribution in [0.5, 0.6) is 0 Å². The minimum atomic E-state index is -0.584. The molecular weight excluding hydrogens is 300 g/mol. The second kappa shape index (κ2) is 9.76. The second-order valence-electron chi connectivity index (χ2n) is 5.90. The Bertz CT molecular complexity index is 541. The average Bonchev–Trinajstić information content (AvgIpc) is 2.64. The molecule has 0 spiro atoms. The summed E-state index contributed by atoms with van der Waals surface area (Å²) in [4.78, 5) is 11.9. The summed E-state index contributed by atoms with van der Waals surface area (Å²) in [5.74, 6) is 0.407. The van der Waals surface area contributed by atoms with Crippen molar-refractivity contribution in [1.29, 1.82) is 0 Å². The first-order valence-corrected chi connectivity index (χ1v) is 8.64. The molecule has 0 saturated heterocycles. The molecule has 24 heavy (non-hydrogen) atoms. The number of ether oxygens (including phenoxy) is 2. The van der Waals surface area contributed by atoms with E-state index >= 15 is 0 Å². The Morgan fingerprint density at radius 3 is 1.46 bits per heavy atom. The summed E-state index contributed by atoms with van der Waals surface area (Å²) in [5, 5.41) is 0. The molecular formula is C21H26O3. The third-order valence-corrected chi connectivity index (χ3v) is 4.33. The van der Waals surface area contributed by atoms with Crippen LogP contribution >= 0.6 is 0 Å². The van der Waals surface area contributed by atoms with Gasteiger partial charge >= 0.3 is 6.16 Å². The first-order chi connectivity index (χ1) is 11.7. The van der Waals surface area contributed by atoms with Crippen LogP contribution in [0.2, 0.25) is 0 Å². The number of hydrogen-bond acceptors (Lipinski definition) is 3. The lowest BCUT2D eigenvalue weighted by atomic mass is 9.97. The van der Waals surface area contributed by atoms with Crippen molar-refractivity contribution in [3.63, 3.8) is 0 Å². The molecule has 0 aromatic heterocycles. The van der Waals surface area contributed by atoms with E-state index in [1.165, 1.54) is 11.1 Å². The zero-order chi connectivity index (χ0) is 17.2. The highest BCUT2D eigenvalue weighted by Gasteiger charge is 2.15. The topological polar surface area (TPSA) is 35.5 Å². The van der Waals surface area contributed by atoms with Gasteiger partial charge in [0.2, 0.25) is 0 Å². The minimum Gasteiger partial charge on any atom is -0.434 e. The second-order valence-corrected chi connectivity index (χ2v) is 5.90. The van der Waals surface area contributed by atoms with Gasteiger partial charge in [0.25, 0.3) is 0 Å². The Kier molecular flexibility index (Phi) is 7.34. The molecule has 0 fully saturated rings. The highest BCUT2D eigenvalue weighted by atomic mass is 16.7. The van der Waals surface area contributed by atoms with Crippen LogP contribution in [0.15, 0.2) is 60.7 Å². The summed E-state index contributed by atoms with van der Waals surface area (Å²) < 4.78 is 10.6.